The van der Waals surface area contributed by atoms with Crippen LogP contribution in [0.15, 0.2) is 5.51 Å². The normalized spacial score (nSPS) is 17.7. The van der Waals surface area contributed by atoms with Crippen LogP contribution in [0.2, 0.25) is 0 Å². The Morgan fingerprint density at radius 1 is 1.61 bits per heavy atom. The minimum atomic E-state index is -0.339. The van der Waals surface area contributed by atoms with Crippen LogP contribution in [0.4, 0.5) is 5.00 Å². The van der Waals surface area contributed by atoms with E-state index in [0.717, 1.165) is 30.9 Å². The first-order valence-corrected chi connectivity index (χ1v) is 7.14. The molecule has 2 heterocycles. The molecule has 1 aliphatic heterocycles. The van der Waals surface area contributed by atoms with Crippen LogP contribution in [0, 0.1) is 0 Å². The predicted molar refractivity (Wildman–Crippen MR) is 72.2 cm³/mol. The SMILES string of the molecule is CCOC(=O)c1ncsc1NC1CCN(C)CC1. The third-order valence-electron chi connectivity index (χ3n) is 3.09. The Morgan fingerprint density at radius 2 is 2.33 bits per heavy atom. The van der Waals surface area contributed by atoms with Gasteiger partial charge in [0, 0.05) is 6.04 Å². The summed E-state index contributed by atoms with van der Waals surface area (Å²) >= 11 is 1.46. The number of piperidine rings is 1. The van der Waals surface area contributed by atoms with E-state index in [4.69, 9.17) is 4.74 Å². The fourth-order valence-corrected chi connectivity index (χ4v) is 2.78. The summed E-state index contributed by atoms with van der Waals surface area (Å²) in [5, 5.41) is 4.25. The quantitative estimate of drug-likeness (QED) is 0.845. The number of esters is 1. The zero-order chi connectivity index (χ0) is 13.0. The van der Waals surface area contributed by atoms with Gasteiger partial charge in [-0.2, -0.15) is 0 Å². The molecule has 5 nitrogen and oxygen atoms in total. The zero-order valence-corrected chi connectivity index (χ0v) is 11.6. The van der Waals surface area contributed by atoms with E-state index >= 15 is 0 Å². The Labute approximate surface area is 111 Å². The van der Waals surface area contributed by atoms with Gasteiger partial charge in [0.1, 0.15) is 5.00 Å². The molecule has 0 bridgehead atoms. The summed E-state index contributed by atoms with van der Waals surface area (Å²) in [6.07, 6.45) is 2.19. The second kappa shape index (κ2) is 6.15. The number of carbonyl (C=O) groups is 1. The molecule has 1 aromatic rings. The number of hydrogen-bond acceptors (Lipinski definition) is 6. The van der Waals surface area contributed by atoms with Gasteiger partial charge in [0.25, 0.3) is 0 Å². The lowest BCUT2D eigenvalue weighted by Crippen LogP contribution is -2.36. The first kappa shape index (κ1) is 13.3. The highest BCUT2D eigenvalue weighted by atomic mass is 32.1. The van der Waals surface area contributed by atoms with Crippen LogP contribution >= 0.6 is 11.3 Å². The van der Waals surface area contributed by atoms with E-state index < -0.39 is 0 Å². The molecule has 0 atom stereocenters. The number of aromatic nitrogens is 1. The highest BCUT2D eigenvalue weighted by Crippen LogP contribution is 2.24. The molecule has 1 N–H and O–H groups in total. The number of likely N-dealkylation sites (tertiary alicyclic amines) is 1. The smallest absolute Gasteiger partial charge is 0.360 e. The first-order chi connectivity index (χ1) is 8.70. The van der Waals surface area contributed by atoms with Gasteiger partial charge in [0.15, 0.2) is 5.69 Å². The summed E-state index contributed by atoms with van der Waals surface area (Å²) in [5.74, 6) is -0.339. The van der Waals surface area contributed by atoms with Crippen LogP contribution in [-0.2, 0) is 4.74 Å². The second-order valence-electron chi connectivity index (χ2n) is 4.47. The predicted octanol–water partition coefficient (Wildman–Crippen LogP) is 1.83. The van der Waals surface area contributed by atoms with Crippen LogP contribution in [0.25, 0.3) is 0 Å². The van der Waals surface area contributed by atoms with E-state index in [1.807, 2.05) is 0 Å². The lowest BCUT2D eigenvalue weighted by Gasteiger charge is -2.29. The largest absolute Gasteiger partial charge is 0.461 e. The molecular weight excluding hydrogens is 250 g/mol. The lowest BCUT2D eigenvalue weighted by atomic mass is 10.1. The van der Waals surface area contributed by atoms with Gasteiger partial charge in [0.2, 0.25) is 0 Å². The number of nitrogens with zero attached hydrogens (tertiary/aromatic N) is 2. The maximum absolute atomic E-state index is 11.7. The molecule has 18 heavy (non-hydrogen) atoms. The molecule has 6 heteroatoms. The van der Waals surface area contributed by atoms with Crippen molar-refractivity contribution in [1.29, 1.82) is 0 Å². The van der Waals surface area contributed by atoms with Gasteiger partial charge in [-0.25, -0.2) is 9.78 Å². The van der Waals surface area contributed by atoms with Crippen molar-refractivity contribution < 1.29 is 9.53 Å². The van der Waals surface area contributed by atoms with Crippen molar-refractivity contribution >= 4 is 22.3 Å². The van der Waals surface area contributed by atoms with Crippen LogP contribution < -0.4 is 5.32 Å². The molecule has 0 aromatic carbocycles. The van der Waals surface area contributed by atoms with Gasteiger partial charge in [-0.05, 0) is 39.9 Å². The van der Waals surface area contributed by atoms with Gasteiger partial charge in [-0.3, -0.25) is 0 Å². The molecule has 1 fully saturated rings. The Balaban J connectivity index is 1.97. The van der Waals surface area contributed by atoms with Crippen LogP contribution in [0.3, 0.4) is 0 Å². The van der Waals surface area contributed by atoms with E-state index in [2.05, 4.69) is 22.2 Å². The first-order valence-electron chi connectivity index (χ1n) is 6.26. The molecule has 0 aliphatic carbocycles. The number of nitrogens with one attached hydrogen (secondary N) is 1. The molecule has 100 valence electrons. The summed E-state index contributed by atoms with van der Waals surface area (Å²) in [6, 6.07) is 0.426. The third kappa shape index (κ3) is 3.20. The van der Waals surface area contributed by atoms with Crippen molar-refractivity contribution in [2.24, 2.45) is 0 Å². The summed E-state index contributed by atoms with van der Waals surface area (Å²) in [6.45, 7) is 4.36. The Kier molecular flexibility index (Phi) is 4.54. The average molecular weight is 269 g/mol. The maximum atomic E-state index is 11.7. The van der Waals surface area contributed by atoms with E-state index in [1.165, 1.54) is 11.3 Å². The molecule has 0 radical (unpaired) electrons. The van der Waals surface area contributed by atoms with Crippen molar-refractivity contribution in [3.63, 3.8) is 0 Å². The highest BCUT2D eigenvalue weighted by Gasteiger charge is 2.21. The Hall–Kier alpha value is -1.14. The van der Waals surface area contributed by atoms with E-state index in [-0.39, 0.29) is 5.97 Å². The third-order valence-corrected chi connectivity index (χ3v) is 3.85. The topological polar surface area (TPSA) is 54.5 Å². The van der Waals surface area contributed by atoms with Gasteiger partial charge in [-0.1, -0.05) is 0 Å². The summed E-state index contributed by atoms with van der Waals surface area (Å²) in [7, 11) is 2.13. The monoisotopic (exact) mass is 269 g/mol. The van der Waals surface area contributed by atoms with Crippen LogP contribution in [0.1, 0.15) is 30.3 Å². The second-order valence-corrected chi connectivity index (χ2v) is 5.33. The number of ether oxygens (including phenoxy) is 1. The van der Waals surface area contributed by atoms with Gasteiger partial charge >= 0.3 is 5.97 Å². The minimum Gasteiger partial charge on any atom is -0.461 e. The van der Waals surface area contributed by atoms with Gasteiger partial charge in [0.05, 0.1) is 12.1 Å². The molecule has 1 saturated heterocycles. The number of anilines is 1. The fraction of sp³-hybridized carbons (Fsp3) is 0.667. The van der Waals surface area contributed by atoms with Gasteiger partial charge in [-0.15, -0.1) is 11.3 Å². The average Bonchev–Trinajstić information content (AvgIpc) is 2.81. The van der Waals surface area contributed by atoms with Crippen molar-refractivity contribution in [3.05, 3.63) is 11.2 Å². The number of rotatable bonds is 4. The molecule has 0 saturated carbocycles. The summed E-state index contributed by atoms with van der Waals surface area (Å²) in [4.78, 5) is 18.1. The fourth-order valence-electron chi connectivity index (χ4n) is 2.03. The molecule has 1 aliphatic rings. The van der Waals surface area contributed by atoms with Crippen LogP contribution in [-0.4, -0.2) is 48.6 Å². The molecule has 0 amide bonds. The molecule has 0 unspecified atom stereocenters. The molecule has 1 aromatic heterocycles. The van der Waals surface area contributed by atoms with Gasteiger partial charge < -0.3 is 15.0 Å². The highest BCUT2D eigenvalue weighted by molar-refractivity contribution is 7.14. The maximum Gasteiger partial charge on any atom is 0.360 e. The van der Waals surface area contributed by atoms with Crippen LogP contribution in [0.5, 0.6) is 0 Å². The van der Waals surface area contributed by atoms with Crippen molar-refractivity contribution in [1.82, 2.24) is 9.88 Å². The molecule has 0 spiro atoms. The Bertz CT molecular complexity index is 400. The van der Waals surface area contributed by atoms with E-state index in [1.54, 1.807) is 12.4 Å². The zero-order valence-electron chi connectivity index (χ0n) is 10.8. The van der Waals surface area contributed by atoms with Crippen molar-refractivity contribution in [2.45, 2.75) is 25.8 Å². The van der Waals surface area contributed by atoms with Crippen molar-refractivity contribution in [2.75, 3.05) is 32.1 Å². The number of hydrogen-bond donors (Lipinski definition) is 1. The number of thiazole rings is 1. The van der Waals surface area contributed by atoms with E-state index in [9.17, 15) is 4.79 Å². The summed E-state index contributed by atoms with van der Waals surface area (Å²) < 4.78 is 4.99. The minimum absolute atomic E-state index is 0.339. The molecular formula is C12H19N3O2S. The summed E-state index contributed by atoms with van der Waals surface area (Å²) in [5.41, 5.74) is 2.10. The lowest BCUT2D eigenvalue weighted by molar-refractivity contribution is 0.0521. The standard InChI is InChI=1S/C12H19N3O2S/c1-3-17-12(16)10-11(18-8-13-10)14-9-4-6-15(2)7-5-9/h8-9,14H,3-7H2,1-2H3. The van der Waals surface area contributed by atoms with Crippen molar-refractivity contribution in [3.8, 4) is 0 Å². The molecule has 2 rings (SSSR count). The van der Waals surface area contributed by atoms with E-state index in [0.29, 0.717) is 18.3 Å². The Morgan fingerprint density at radius 3 is 3.00 bits per heavy atom. The number of carbonyl (C=O) groups excluding carboxylic acids is 1.